The first-order valence-corrected chi connectivity index (χ1v) is 7.89. The van der Waals surface area contributed by atoms with Crippen LogP contribution in [0.25, 0.3) is 0 Å². The van der Waals surface area contributed by atoms with E-state index in [0.717, 1.165) is 16.2 Å². The molecule has 6 nitrogen and oxygen atoms in total. The third-order valence-electron chi connectivity index (χ3n) is 2.62. The van der Waals surface area contributed by atoms with E-state index in [1.54, 1.807) is 19.9 Å². The molecule has 0 unspecified atom stereocenters. The van der Waals surface area contributed by atoms with Gasteiger partial charge in [0.15, 0.2) is 0 Å². The second-order valence-corrected chi connectivity index (χ2v) is 7.36. The minimum atomic E-state index is -3.71. The quantitative estimate of drug-likeness (QED) is 0.790. The van der Waals surface area contributed by atoms with E-state index in [9.17, 15) is 13.2 Å². The third-order valence-corrected chi connectivity index (χ3v) is 5.60. The molecule has 0 fully saturated rings. The van der Waals surface area contributed by atoms with Gasteiger partial charge in [-0.3, -0.25) is 4.79 Å². The second-order valence-electron chi connectivity index (χ2n) is 4.13. The fourth-order valence-electron chi connectivity index (χ4n) is 1.47. The van der Waals surface area contributed by atoms with E-state index in [1.165, 1.54) is 13.2 Å². The summed E-state index contributed by atoms with van der Waals surface area (Å²) in [4.78, 5) is 11.6. The highest BCUT2D eigenvalue weighted by Crippen LogP contribution is 2.21. The standard InChI is InChI=1S/C11H17NO5S2/c1-7-4-5-11(18-7)19(15,16)12-9(6-10(13)14)8(2)17-3/h4-5,8-9,12H,6H2,1-3H3,(H,13,14)/t8-,9-/m1/s1. The highest BCUT2D eigenvalue weighted by Gasteiger charge is 2.27. The molecule has 0 aliphatic heterocycles. The van der Waals surface area contributed by atoms with Crippen molar-refractivity contribution in [2.24, 2.45) is 0 Å². The van der Waals surface area contributed by atoms with Crippen molar-refractivity contribution < 1.29 is 23.1 Å². The van der Waals surface area contributed by atoms with Crippen LogP contribution in [0.5, 0.6) is 0 Å². The number of carbonyl (C=O) groups is 1. The van der Waals surface area contributed by atoms with E-state index in [0.29, 0.717) is 0 Å². The summed E-state index contributed by atoms with van der Waals surface area (Å²) < 4.78 is 31.8. The van der Waals surface area contributed by atoms with Crippen LogP contribution in [0.15, 0.2) is 16.3 Å². The Morgan fingerprint density at radius 3 is 2.58 bits per heavy atom. The molecule has 0 saturated carbocycles. The average Bonchev–Trinajstić information content (AvgIpc) is 2.74. The predicted molar refractivity (Wildman–Crippen MR) is 71.9 cm³/mol. The zero-order chi connectivity index (χ0) is 14.6. The van der Waals surface area contributed by atoms with Gasteiger partial charge in [0.2, 0.25) is 10.0 Å². The van der Waals surface area contributed by atoms with Gasteiger partial charge in [-0.05, 0) is 26.0 Å². The Morgan fingerprint density at radius 1 is 1.53 bits per heavy atom. The number of thiophene rings is 1. The van der Waals surface area contributed by atoms with Gasteiger partial charge in [0.05, 0.1) is 18.6 Å². The summed E-state index contributed by atoms with van der Waals surface area (Å²) in [6, 6.07) is 2.39. The normalized spacial score (nSPS) is 15.1. The molecule has 1 aromatic heterocycles. The summed E-state index contributed by atoms with van der Waals surface area (Å²) in [5, 5.41) is 8.81. The zero-order valence-electron chi connectivity index (χ0n) is 10.9. The monoisotopic (exact) mass is 307 g/mol. The first-order valence-electron chi connectivity index (χ1n) is 5.59. The first-order chi connectivity index (χ1) is 8.76. The molecule has 1 heterocycles. The lowest BCUT2D eigenvalue weighted by molar-refractivity contribution is -0.138. The van der Waals surface area contributed by atoms with Gasteiger partial charge < -0.3 is 9.84 Å². The van der Waals surface area contributed by atoms with Crippen LogP contribution in [0, 0.1) is 6.92 Å². The predicted octanol–water partition coefficient (Wildman–Crippen LogP) is 1.21. The smallest absolute Gasteiger partial charge is 0.305 e. The number of hydrogen-bond donors (Lipinski definition) is 2. The number of aryl methyl sites for hydroxylation is 1. The topological polar surface area (TPSA) is 92.7 Å². The van der Waals surface area contributed by atoms with Crippen molar-refractivity contribution in [3.63, 3.8) is 0 Å². The molecule has 0 bridgehead atoms. The summed E-state index contributed by atoms with van der Waals surface area (Å²) in [6.07, 6.45) is -0.870. The molecule has 0 aliphatic carbocycles. The summed E-state index contributed by atoms with van der Waals surface area (Å²) in [5.74, 6) is -1.08. The van der Waals surface area contributed by atoms with Crippen molar-refractivity contribution in [2.45, 2.75) is 36.6 Å². The number of ether oxygens (including phenoxy) is 1. The van der Waals surface area contributed by atoms with Crippen LogP contribution in [0.2, 0.25) is 0 Å². The van der Waals surface area contributed by atoms with Crippen LogP contribution in [-0.2, 0) is 19.6 Å². The van der Waals surface area contributed by atoms with Crippen LogP contribution >= 0.6 is 11.3 Å². The molecule has 0 spiro atoms. The number of nitrogens with one attached hydrogen (secondary N) is 1. The summed E-state index contributed by atoms with van der Waals surface area (Å²) in [5.41, 5.74) is 0. The van der Waals surface area contributed by atoms with Crippen LogP contribution in [0.1, 0.15) is 18.2 Å². The Morgan fingerprint density at radius 2 is 2.16 bits per heavy atom. The van der Waals surface area contributed by atoms with Crippen molar-refractivity contribution in [1.82, 2.24) is 4.72 Å². The van der Waals surface area contributed by atoms with Gasteiger partial charge in [-0.15, -0.1) is 11.3 Å². The fraction of sp³-hybridized carbons (Fsp3) is 0.545. The second kappa shape index (κ2) is 6.47. The largest absolute Gasteiger partial charge is 0.481 e. The molecule has 0 aromatic carbocycles. The fourth-order valence-corrected chi connectivity index (χ4v) is 4.07. The third kappa shape index (κ3) is 4.57. The van der Waals surface area contributed by atoms with E-state index < -0.39 is 28.1 Å². The number of sulfonamides is 1. The molecule has 108 valence electrons. The Balaban J connectivity index is 2.91. The van der Waals surface area contributed by atoms with Crippen molar-refractivity contribution >= 4 is 27.3 Å². The molecular formula is C11H17NO5S2. The van der Waals surface area contributed by atoms with Crippen molar-refractivity contribution in [3.8, 4) is 0 Å². The molecule has 0 aliphatic rings. The van der Waals surface area contributed by atoms with Gasteiger partial charge in [-0.25, -0.2) is 13.1 Å². The van der Waals surface area contributed by atoms with Crippen LogP contribution in [0.4, 0.5) is 0 Å². The average molecular weight is 307 g/mol. The van der Waals surface area contributed by atoms with Crippen LogP contribution < -0.4 is 4.72 Å². The Labute approximate surface area is 116 Å². The number of aliphatic carboxylic acids is 1. The zero-order valence-corrected chi connectivity index (χ0v) is 12.5. The molecule has 8 heteroatoms. The lowest BCUT2D eigenvalue weighted by Crippen LogP contribution is -2.43. The maximum Gasteiger partial charge on any atom is 0.305 e. The van der Waals surface area contributed by atoms with Gasteiger partial charge in [0, 0.05) is 12.0 Å². The van der Waals surface area contributed by atoms with Crippen LogP contribution in [-0.4, -0.2) is 38.7 Å². The van der Waals surface area contributed by atoms with Crippen molar-refractivity contribution in [1.29, 1.82) is 0 Å². The Kier molecular flexibility index (Phi) is 5.48. The van der Waals surface area contributed by atoms with Gasteiger partial charge in [0.1, 0.15) is 4.21 Å². The number of carboxylic acids is 1. The van der Waals surface area contributed by atoms with Gasteiger partial charge in [-0.1, -0.05) is 0 Å². The maximum atomic E-state index is 12.1. The van der Waals surface area contributed by atoms with E-state index in [-0.39, 0.29) is 10.6 Å². The van der Waals surface area contributed by atoms with Gasteiger partial charge >= 0.3 is 5.97 Å². The number of rotatable bonds is 7. The molecular weight excluding hydrogens is 290 g/mol. The van der Waals surface area contributed by atoms with Crippen LogP contribution in [0.3, 0.4) is 0 Å². The van der Waals surface area contributed by atoms with E-state index >= 15 is 0 Å². The molecule has 2 atom stereocenters. The Hall–Kier alpha value is -0.960. The highest BCUT2D eigenvalue weighted by molar-refractivity contribution is 7.91. The van der Waals surface area contributed by atoms with Gasteiger partial charge in [-0.2, -0.15) is 0 Å². The Bertz CT molecular complexity index is 537. The maximum absolute atomic E-state index is 12.1. The summed E-state index contributed by atoms with van der Waals surface area (Å²) in [7, 11) is -2.31. The number of methoxy groups -OCH3 is 1. The molecule has 0 amide bonds. The first kappa shape index (κ1) is 16.1. The van der Waals surface area contributed by atoms with Crippen molar-refractivity contribution in [2.75, 3.05) is 7.11 Å². The lowest BCUT2D eigenvalue weighted by atomic mass is 10.1. The summed E-state index contributed by atoms with van der Waals surface area (Å²) in [6.45, 7) is 3.42. The minimum absolute atomic E-state index is 0.170. The number of hydrogen-bond acceptors (Lipinski definition) is 5. The molecule has 0 saturated heterocycles. The number of carboxylic acid groups (broad SMARTS) is 1. The van der Waals surface area contributed by atoms with E-state index in [1.807, 2.05) is 0 Å². The molecule has 19 heavy (non-hydrogen) atoms. The van der Waals surface area contributed by atoms with E-state index in [4.69, 9.17) is 9.84 Å². The molecule has 1 aromatic rings. The van der Waals surface area contributed by atoms with E-state index in [2.05, 4.69) is 4.72 Å². The molecule has 0 radical (unpaired) electrons. The molecule has 2 N–H and O–H groups in total. The summed E-state index contributed by atoms with van der Waals surface area (Å²) >= 11 is 1.14. The highest BCUT2D eigenvalue weighted by atomic mass is 32.2. The SMILES string of the molecule is CO[C@H](C)[C@@H](CC(=O)O)NS(=O)(=O)c1ccc(C)s1. The minimum Gasteiger partial charge on any atom is -0.481 e. The lowest BCUT2D eigenvalue weighted by Gasteiger charge is -2.22. The molecule has 1 rings (SSSR count). The van der Waals surface area contributed by atoms with Gasteiger partial charge in [0.25, 0.3) is 0 Å². The van der Waals surface area contributed by atoms with Crippen molar-refractivity contribution in [3.05, 3.63) is 17.0 Å².